The van der Waals surface area contributed by atoms with Crippen LogP contribution >= 0.6 is 0 Å². The molecule has 1 aromatic carbocycles. The molecule has 1 unspecified atom stereocenters. The number of carbonyl (C=O) groups is 1. The second kappa shape index (κ2) is 5.24. The van der Waals surface area contributed by atoms with Crippen LogP contribution in [0.5, 0.6) is 0 Å². The maximum absolute atomic E-state index is 12.3. The second-order valence-electron chi connectivity index (χ2n) is 6.50. The quantitative estimate of drug-likeness (QED) is 0.849. The topological polar surface area (TPSA) is 46.3 Å². The Hall–Kier alpha value is -1.51. The largest absolute Gasteiger partial charge is 0.399 e. The highest BCUT2D eigenvalue weighted by atomic mass is 16.2. The highest BCUT2D eigenvalue weighted by Crippen LogP contribution is 2.30. The molecule has 1 fully saturated rings. The van der Waals surface area contributed by atoms with E-state index in [1.807, 2.05) is 29.2 Å². The Kier molecular flexibility index (Phi) is 3.83. The smallest absolute Gasteiger partial charge is 0.223 e. The van der Waals surface area contributed by atoms with Crippen LogP contribution in [0.1, 0.15) is 45.1 Å². The van der Waals surface area contributed by atoms with Gasteiger partial charge in [0, 0.05) is 25.2 Å². The summed E-state index contributed by atoms with van der Waals surface area (Å²) in [6.45, 7) is 8.35. The molecule has 104 valence electrons. The van der Waals surface area contributed by atoms with Gasteiger partial charge in [0.1, 0.15) is 0 Å². The van der Waals surface area contributed by atoms with Crippen LogP contribution in [-0.2, 0) is 4.79 Å². The van der Waals surface area contributed by atoms with Gasteiger partial charge in [0.15, 0.2) is 0 Å². The Morgan fingerprint density at radius 1 is 1.37 bits per heavy atom. The number of likely N-dealkylation sites (tertiary alicyclic amines) is 1. The fraction of sp³-hybridized carbons (Fsp3) is 0.562. The van der Waals surface area contributed by atoms with Gasteiger partial charge in [-0.15, -0.1) is 0 Å². The average Bonchev–Trinajstić information content (AvgIpc) is 2.70. The van der Waals surface area contributed by atoms with Crippen LogP contribution in [0.2, 0.25) is 0 Å². The Balaban J connectivity index is 1.94. The van der Waals surface area contributed by atoms with Gasteiger partial charge in [0.05, 0.1) is 0 Å². The second-order valence-corrected chi connectivity index (χ2v) is 6.50. The summed E-state index contributed by atoms with van der Waals surface area (Å²) in [5, 5.41) is 0. The number of benzene rings is 1. The van der Waals surface area contributed by atoms with Crippen LogP contribution < -0.4 is 5.73 Å². The van der Waals surface area contributed by atoms with Gasteiger partial charge in [-0.2, -0.15) is 0 Å². The summed E-state index contributed by atoms with van der Waals surface area (Å²) in [6.07, 6.45) is 1.69. The van der Waals surface area contributed by atoms with Crippen molar-refractivity contribution in [2.75, 3.05) is 18.8 Å². The third-order valence-electron chi connectivity index (χ3n) is 4.02. The molecule has 1 aromatic rings. The van der Waals surface area contributed by atoms with Crippen molar-refractivity contribution in [3.05, 3.63) is 29.8 Å². The van der Waals surface area contributed by atoms with E-state index in [1.165, 1.54) is 5.56 Å². The van der Waals surface area contributed by atoms with E-state index in [4.69, 9.17) is 5.73 Å². The molecule has 3 nitrogen and oxygen atoms in total. The van der Waals surface area contributed by atoms with Gasteiger partial charge >= 0.3 is 0 Å². The summed E-state index contributed by atoms with van der Waals surface area (Å²) in [4.78, 5) is 14.3. The molecule has 3 heteroatoms. The van der Waals surface area contributed by atoms with E-state index in [9.17, 15) is 4.79 Å². The molecule has 0 bridgehead atoms. The molecule has 1 atom stereocenters. The fourth-order valence-corrected chi connectivity index (χ4v) is 2.66. The predicted molar refractivity (Wildman–Crippen MR) is 78.9 cm³/mol. The number of carbonyl (C=O) groups excluding carboxylic acids is 1. The Morgan fingerprint density at radius 3 is 2.53 bits per heavy atom. The summed E-state index contributed by atoms with van der Waals surface area (Å²) in [5.41, 5.74) is 7.91. The summed E-state index contributed by atoms with van der Waals surface area (Å²) < 4.78 is 0. The van der Waals surface area contributed by atoms with E-state index >= 15 is 0 Å². The monoisotopic (exact) mass is 260 g/mol. The number of anilines is 1. The van der Waals surface area contributed by atoms with E-state index in [0.717, 1.165) is 25.2 Å². The van der Waals surface area contributed by atoms with E-state index in [1.54, 1.807) is 0 Å². The lowest BCUT2D eigenvalue weighted by Gasteiger charge is -2.21. The SMILES string of the molecule is CC(CC(=O)N1CCC(C)(C)C1)c1ccc(N)cc1. The van der Waals surface area contributed by atoms with Crippen molar-refractivity contribution in [1.29, 1.82) is 0 Å². The maximum atomic E-state index is 12.3. The molecule has 1 aliphatic rings. The number of rotatable bonds is 3. The van der Waals surface area contributed by atoms with Crippen molar-refractivity contribution in [1.82, 2.24) is 4.90 Å². The van der Waals surface area contributed by atoms with E-state index in [-0.39, 0.29) is 17.2 Å². The number of hydrogen-bond acceptors (Lipinski definition) is 2. The van der Waals surface area contributed by atoms with Gasteiger partial charge in [-0.3, -0.25) is 4.79 Å². The van der Waals surface area contributed by atoms with E-state index in [2.05, 4.69) is 20.8 Å². The molecule has 2 rings (SSSR count). The van der Waals surface area contributed by atoms with Crippen molar-refractivity contribution in [3.63, 3.8) is 0 Å². The van der Waals surface area contributed by atoms with E-state index < -0.39 is 0 Å². The van der Waals surface area contributed by atoms with Crippen molar-refractivity contribution in [2.45, 2.75) is 39.5 Å². The normalized spacial score (nSPS) is 19.4. The molecular formula is C16H24N2O. The Morgan fingerprint density at radius 2 is 2.00 bits per heavy atom. The summed E-state index contributed by atoms with van der Waals surface area (Å²) in [6, 6.07) is 7.83. The lowest BCUT2D eigenvalue weighted by molar-refractivity contribution is -0.130. The van der Waals surface area contributed by atoms with Crippen LogP contribution in [0.25, 0.3) is 0 Å². The molecule has 0 spiro atoms. The molecular weight excluding hydrogens is 236 g/mol. The molecule has 1 amide bonds. The van der Waals surface area contributed by atoms with Crippen LogP contribution in [0.3, 0.4) is 0 Å². The predicted octanol–water partition coefficient (Wildman–Crippen LogP) is 3.02. The molecule has 0 aromatic heterocycles. The van der Waals surface area contributed by atoms with Gasteiger partial charge in [-0.05, 0) is 35.4 Å². The van der Waals surface area contributed by atoms with Gasteiger partial charge in [0.25, 0.3) is 0 Å². The third-order valence-corrected chi connectivity index (χ3v) is 4.02. The number of nitrogen functional groups attached to an aromatic ring is 1. The van der Waals surface area contributed by atoms with Crippen molar-refractivity contribution < 1.29 is 4.79 Å². The first-order valence-electron chi connectivity index (χ1n) is 7.01. The number of hydrogen-bond donors (Lipinski definition) is 1. The first-order valence-corrected chi connectivity index (χ1v) is 7.01. The van der Waals surface area contributed by atoms with Crippen LogP contribution in [-0.4, -0.2) is 23.9 Å². The zero-order chi connectivity index (χ0) is 14.0. The third kappa shape index (κ3) is 3.49. The summed E-state index contributed by atoms with van der Waals surface area (Å²) in [5.74, 6) is 0.520. The van der Waals surface area contributed by atoms with Gasteiger partial charge in [-0.25, -0.2) is 0 Å². The molecule has 1 saturated heterocycles. The highest BCUT2D eigenvalue weighted by molar-refractivity contribution is 5.77. The minimum absolute atomic E-state index is 0.247. The number of amides is 1. The average molecular weight is 260 g/mol. The van der Waals surface area contributed by atoms with E-state index in [0.29, 0.717) is 6.42 Å². The number of nitrogens with two attached hydrogens (primary N) is 1. The molecule has 2 N–H and O–H groups in total. The minimum Gasteiger partial charge on any atom is -0.399 e. The van der Waals surface area contributed by atoms with Gasteiger partial charge in [-0.1, -0.05) is 32.9 Å². The molecule has 0 aliphatic carbocycles. The lowest BCUT2D eigenvalue weighted by atomic mass is 9.93. The summed E-state index contributed by atoms with van der Waals surface area (Å²) in [7, 11) is 0. The van der Waals surface area contributed by atoms with Crippen molar-refractivity contribution in [3.8, 4) is 0 Å². The maximum Gasteiger partial charge on any atom is 0.223 e. The van der Waals surface area contributed by atoms with Crippen molar-refractivity contribution >= 4 is 11.6 Å². The van der Waals surface area contributed by atoms with Crippen LogP contribution in [0, 0.1) is 5.41 Å². The van der Waals surface area contributed by atoms with Gasteiger partial charge in [0.2, 0.25) is 5.91 Å². The van der Waals surface area contributed by atoms with Crippen LogP contribution in [0.4, 0.5) is 5.69 Å². The zero-order valence-corrected chi connectivity index (χ0v) is 12.1. The van der Waals surface area contributed by atoms with Crippen LogP contribution in [0.15, 0.2) is 24.3 Å². The fourth-order valence-electron chi connectivity index (χ4n) is 2.66. The summed E-state index contributed by atoms with van der Waals surface area (Å²) >= 11 is 0. The molecule has 0 radical (unpaired) electrons. The lowest BCUT2D eigenvalue weighted by Crippen LogP contribution is -2.30. The Labute approximate surface area is 115 Å². The minimum atomic E-state index is 0.247. The zero-order valence-electron chi connectivity index (χ0n) is 12.1. The number of nitrogens with zero attached hydrogens (tertiary/aromatic N) is 1. The highest BCUT2D eigenvalue weighted by Gasteiger charge is 2.32. The Bertz CT molecular complexity index is 450. The van der Waals surface area contributed by atoms with Gasteiger partial charge < -0.3 is 10.6 Å². The standard InChI is InChI=1S/C16H24N2O/c1-12(13-4-6-14(17)7-5-13)10-15(19)18-9-8-16(2,3)11-18/h4-7,12H,8-11,17H2,1-3H3. The van der Waals surface area contributed by atoms with Crippen molar-refractivity contribution in [2.24, 2.45) is 5.41 Å². The molecule has 1 aliphatic heterocycles. The first-order chi connectivity index (χ1) is 8.87. The molecule has 1 heterocycles. The molecule has 19 heavy (non-hydrogen) atoms. The first kappa shape index (κ1) is 13.9. The molecule has 0 saturated carbocycles.